The minimum atomic E-state index is -3.56. The number of benzene rings is 2. The van der Waals surface area contributed by atoms with Gasteiger partial charge in [0, 0.05) is 13.1 Å². The van der Waals surface area contributed by atoms with E-state index in [1.807, 2.05) is 12.1 Å². The van der Waals surface area contributed by atoms with Crippen molar-refractivity contribution in [2.75, 3.05) is 18.1 Å². The summed E-state index contributed by atoms with van der Waals surface area (Å²) in [5.74, 6) is -0.684. The topological polar surface area (TPSA) is 114 Å². The van der Waals surface area contributed by atoms with Gasteiger partial charge in [0.1, 0.15) is 0 Å². The molecule has 0 unspecified atom stereocenters. The maximum atomic E-state index is 12.1. The molecule has 0 spiro atoms. The van der Waals surface area contributed by atoms with Gasteiger partial charge in [0.2, 0.25) is 10.0 Å². The number of carbonyl (C=O) groups is 2. The number of carbonyl (C=O) groups excluding carboxylic acids is 2. The van der Waals surface area contributed by atoms with Gasteiger partial charge in [0.15, 0.2) is 0 Å². The van der Waals surface area contributed by atoms with E-state index in [1.165, 1.54) is 24.8 Å². The third kappa shape index (κ3) is 7.60. The summed E-state index contributed by atoms with van der Waals surface area (Å²) in [7, 11) is -2.35. The van der Waals surface area contributed by atoms with Crippen LogP contribution in [0.15, 0.2) is 42.5 Å². The molecule has 0 bridgehead atoms. The average molecular weight is 448 g/mol. The average Bonchev–Trinajstić information content (AvgIpc) is 2.69. The number of ether oxygens (including phenoxy) is 1. The lowest BCUT2D eigenvalue weighted by atomic mass is 9.87. The summed E-state index contributed by atoms with van der Waals surface area (Å²) in [6, 6.07) is 12.3. The van der Waals surface area contributed by atoms with E-state index in [0.717, 1.165) is 11.8 Å². The van der Waals surface area contributed by atoms with Crippen LogP contribution in [0.2, 0.25) is 0 Å². The van der Waals surface area contributed by atoms with E-state index in [4.69, 9.17) is 4.74 Å². The molecule has 0 saturated carbocycles. The third-order valence-corrected chi connectivity index (χ3v) is 5.10. The van der Waals surface area contributed by atoms with Gasteiger partial charge < -0.3 is 15.4 Å². The number of hydrogen-bond donors (Lipinski definition) is 3. The highest BCUT2D eigenvalue weighted by Gasteiger charge is 2.16. The van der Waals surface area contributed by atoms with E-state index < -0.39 is 16.0 Å². The minimum absolute atomic E-state index is 0.0616. The molecule has 2 rings (SSSR count). The highest BCUT2D eigenvalue weighted by molar-refractivity contribution is 7.92. The van der Waals surface area contributed by atoms with E-state index >= 15 is 0 Å². The van der Waals surface area contributed by atoms with Crippen LogP contribution in [-0.4, -0.2) is 33.8 Å². The van der Waals surface area contributed by atoms with Crippen LogP contribution in [0.25, 0.3) is 0 Å². The number of methoxy groups -OCH3 is 1. The number of rotatable bonds is 7. The number of nitrogens with one attached hydrogen (secondary N) is 3. The van der Waals surface area contributed by atoms with Crippen LogP contribution in [0.5, 0.6) is 0 Å². The summed E-state index contributed by atoms with van der Waals surface area (Å²) in [6.45, 7) is 6.95. The predicted octanol–water partition coefficient (Wildman–Crippen LogP) is 3.14. The highest BCUT2D eigenvalue weighted by atomic mass is 32.2. The quantitative estimate of drug-likeness (QED) is 0.564. The molecule has 0 aliphatic rings. The molecule has 9 heteroatoms. The molecule has 0 saturated heterocycles. The van der Waals surface area contributed by atoms with Crippen LogP contribution in [-0.2, 0) is 33.3 Å². The Kier molecular flexibility index (Phi) is 7.67. The van der Waals surface area contributed by atoms with Gasteiger partial charge in [-0.3, -0.25) is 4.72 Å². The lowest BCUT2D eigenvalue weighted by molar-refractivity contribution is 0.0602. The van der Waals surface area contributed by atoms with Crippen LogP contribution in [0.4, 0.5) is 10.5 Å². The van der Waals surface area contributed by atoms with E-state index in [0.29, 0.717) is 12.1 Å². The summed E-state index contributed by atoms with van der Waals surface area (Å²) >= 11 is 0. The molecule has 0 aliphatic heterocycles. The Balaban J connectivity index is 1.97. The maximum absolute atomic E-state index is 12.1. The molecule has 0 atom stereocenters. The lowest BCUT2D eigenvalue weighted by Gasteiger charge is -2.19. The molecule has 2 aromatic rings. The van der Waals surface area contributed by atoms with Crippen molar-refractivity contribution in [2.45, 2.75) is 39.3 Å². The van der Waals surface area contributed by atoms with Gasteiger partial charge in [-0.05, 0) is 34.2 Å². The number of urea groups is 1. The summed E-state index contributed by atoms with van der Waals surface area (Å²) in [5, 5.41) is 5.50. The Labute approximate surface area is 183 Å². The van der Waals surface area contributed by atoms with Crippen molar-refractivity contribution in [2.24, 2.45) is 0 Å². The van der Waals surface area contributed by atoms with Crippen LogP contribution in [0.3, 0.4) is 0 Å². The molecule has 8 nitrogen and oxygen atoms in total. The first-order chi connectivity index (χ1) is 14.4. The second-order valence-corrected chi connectivity index (χ2v) is 9.98. The number of sulfonamides is 1. The molecule has 0 radical (unpaired) electrons. The molecule has 0 aliphatic carbocycles. The molecular formula is C22H29N3O5S. The van der Waals surface area contributed by atoms with E-state index in [2.05, 4.69) is 48.3 Å². The fraction of sp³-hybridized carbons (Fsp3) is 0.364. The smallest absolute Gasteiger partial charge is 0.340 e. The highest BCUT2D eigenvalue weighted by Crippen LogP contribution is 2.22. The van der Waals surface area contributed by atoms with E-state index in [-0.39, 0.29) is 29.2 Å². The summed E-state index contributed by atoms with van der Waals surface area (Å²) in [4.78, 5) is 24.1. The predicted molar refractivity (Wildman–Crippen MR) is 120 cm³/mol. The van der Waals surface area contributed by atoms with Crippen LogP contribution in [0, 0.1) is 0 Å². The van der Waals surface area contributed by atoms with E-state index in [1.54, 1.807) is 6.07 Å². The summed E-state index contributed by atoms with van der Waals surface area (Å²) in [5.41, 5.74) is 3.05. The Hall–Kier alpha value is -3.07. The number of anilines is 1. The van der Waals surface area contributed by atoms with Gasteiger partial charge in [-0.1, -0.05) is 51.1 Å². The van der Waals surface area contributed by atoms with Gasteiger partial charge >= 0.3 is 12.0 Å². The zero-order valence-electron chi connectivity index (χ0n) is 18.4. The molecule has 0 heterocycles. The first-order valence-corrected chi connectivity index (χ1v) is 11.6. The van der Waals surface area contributed by atoms with Gasteiger partial charge in [-0.2, -0.15) is 0 Å². The largest absolute Gasteiger partial charge is 0.465 e. The zero-order valence-corrected chi connectivity index (χ0v) is 19.2. The standard InChI is InChI=1S/C22H29N3O5S/c1-22(2,3)17-9-6-15(7-10-17)13-23-21(27)24-14-16-8-11-19(25-31(5,28)29)18(12-16)20(26)30-4/h6-12,25H,13-14H2,1-5H3,(H2,23,24,27). The Morgan fingerprint density at radius 2 is 1.48 bits per heavy atom. The lowest BCUT2D eigenvalue weighted by Crippen LogP contribution is -2.34. The van der Waals surface area contributed by atoms with Gasteiger partial charge in [0.05, 0.1) is 24.6 Å². The molecule has 0 fully saturated rings. The molecule has 2 amide bonds. The molecule has 31 heavy (non-hydrogen) atoms. The van der Waals surface area contributed by atoms with Gasteiger partial charge in [-0.25, -0.2) is 18.0 Å². The summed E-state index contributed by atoms with van der Waals surface area (Å²) in [6.07, 6.45) is 0.991. The number of hydrogen-bond acceptors (Lipinski definition) is 5. The van der Waals surface area contributed by atoms with Crippen LogP contribution in [0.1, 0.15) is 47.8 Å². The van der Waals surface area contributed by atoms with Gasteiger partial charge in [-0.15, -0.1) is 0 Å². The van der Waals surface area contributed by atoms with Crippen molar-refractivity contribution < 1.29 is 22.7 Å². The normalized spacial score (nSPS) is 11.5. The fourth-order valence-corrected chi connectivity index (χ4v) is 3.40. The minimum Gasteiger partial charge on any atom is -0.465 e. The Morgan fingerprint density at radius 1 is 0.935 bits per heavy atom. The molecule has 2 aromatic carbocycles. The van der Waals surface area contributed by atoms with Gasteiger partial charge in [0.25, 0.3) is 0 Å². The van der Waals surface area contributed by atoms with Crippen LogP contribution < -0.4 is 15.4 Å². The second kappa shape index (κ2) is 9.82. The molecule has 168 valence electrons. The Morgan fingerprint density at radius 3 is 2.00 bits per heavy atom. The Bertz CT molecular complexity index is 1040. The maximum Gasteiger partial charge on any atom is 0.340 e. The monoisotopic (exact) mass is 447 g/mol. The number of esters is 1. The molecule has 0 aromatic heterocycles. The first-order valence-electron chi connectivity index (χ1n) is 9.69. The van der Waals surface area contributed by atoms with Crippen molar-refractivity contribution in [3.8, 4) is 0 Å². The SMILES string of the molecule is COC(=O)c1cc(CNC(=O)NCc2ccc(C(C)(C)C)cc2)ccc1NS(C)(=O)=O. The first kappa shape index (κ1) is 24.2. The third-order valence-electron chi connectivity index (χ3n) is 4.51. The van der Waals surface area contributed by atoms with Crippen LogP contribution >= 0.6 is 0 Å². The molecule has 3 N–H and O–H groups in total. The number of amides is 2. The van der Waals surface area contributed by atoms with Crippen molar-refractivity contribution in [3.63, 3.8) is 0 Å². The molecular weight excluding hydrogens is 418 g/mol. The van der Waals surface area contributed by atoms with Crippen molar-refractivity contribution in [1.29, 1.82) is 0 Å². The summed E-state index contributed by atoms with van der Waals surface area (Å²) < 4.78 is 30.0. The fourth-order valence-electron chi connectivity index (χ4n) is 2.82. The van der Waals surface area contributed by atoms with Crippen molar-refractivity contribution in [3.05, 3.63) is 64.7 Å². The van der Waals surface area contributed by atoms with Crippen molar-refractivity contribution >= 4 is 27.7 Å². The zero-order chi connectivity index (χ0) is 23.2. The second-order valence-electron chi connectivity index (χ2n) is 8.23. The van der Waals surface area contributed by atoms with E-state index in [9.17, 15) is 18.0 Å². The van der Waals surface area contributed by atoms with Crippen molar-refractivity contribution in [1.82, 2.24) is 10.6 Å².